The second-order valence-corrected chi connectivity index (χ2v) is 7.98. The molecule has 25 heavy (non-hydrogen) atoms. The lowest BCUT2D eigenvalue weighted by atomic mass is 10.2. The van der Waals surface area contributed by atoms with Crippen LogP contribution in [0, 0.1) is 0 Å². The number of alkyl halides is 1. The number of likely N-dealkylation sites (tertiary alicyclic amines) is 1. The second kappa shape index (κ2) is 6.48. The van der Waals surface area contributed by atoms with Gasteiger partial charge >= 0.3 is 6.09 Å². The van der Waals surface area contributed by atoms with Gasteiger partial charge in [-0.3, -0.25) is 4.68 Å². The van der Waals surface area contributed by atoms with Gasteiger partial charge in [0.05, 0.1) is 23.6 Å². The van der Waals surface area contributed by atoms with Gasteiger partial charge in [-0.1, -0.05) is 0 Å². The Kier molecular flexibility index (Phi) is 4.66. The summed E-state index contributed by atoms with van der Waals surface area (Å²) in [4.78, 5) is 13.6. The lowest BCUT2D eigenvalue weighted by Crippen LogP contribution is -2.35. The fourth-order valence-electron chi connectivity index (χ4n) is 2.84. The highest BCUT2D eigenvalue weighted by Gasteiger charge is 2.39. The van der Waals surface area contributed by atoms with Crippen LogP contribution in [-0.2, 0) is 4.74 Å². The number of carbonyl (C=O) groups excluding carboxylic acids is 1. The highest BCUT2D eigenvalue weighted by atomic mass is 79.9. The maximum atomic E-state index is 14.5. The zero-order valence-electron chi connectivity index (χ0n) is 14.6. The van der Waals surface area contributed by atoms with E-state index >= 15 is 0 Å². The van der Waals surface area contributed by atoms with Crippen molar-refractivity contribution in [1.29, 1.82) is 0 Å². The van der Waals surface area contributed by atoms with Crippen molar-refractivity contribution in [2.75, 3.05) is 20.2 Å². The van der Waals surface area contributed by atoms with Crippen LogP contribution in [0.2, 0.25) is 0 Å². The molecule has 2 heterocycles. The fraction of sp³-hybridized carbons (Fsp3) is 0.529. The van der Waals surface area contributed by atoms with E-state index in [1.54, 1.807) is 44.8 Å². The number of benzene rings is 1. The van der Waals surface area contributed by atoms with Crippen LogP contribution in [0.5, 0.6) is 5.75 Å². The Morgan fingerprint density at radius 2 is 2.08 bits per heavy atom. The zero-order chi connectivity index (χ0) is 18.4. The van der Waals surface area contributed by atoms with E-state index in [0.717, 1.165) is 9.86 Å². The molecule has 8 heteroatoms. The maximum Gasteiger partial charge on any atom is 0.410 e. The number of rotatable bonds is 2. The number of hydrogen-bond donors (Lipinski definition) is 0. The van der Waals surface area contributed by atoms with E-state index in [2.05, 4.69) is 21.0 Å². The first-order valence-corrected chi connectivity index (χ1v) is 8.81. The number of carbonyl (C=O) groups is 1. The predicted molar refractivity (Wildman–Crippen MR) is 95.7 cm³/mol. The number of methoxy groups -OCH3 is 1. The Hall–Kier alpha value is -1.83. The summed E-state index contributed by atoms with van der Waals surface area (Å²) in [5.41, 5.74) is 0.104. The molecule has 1 aliphatic heterocycles. The first-order chi connectivity index (χ1) is 11.7. The number of halogens is 2. The van der Waals surface area contributed by atoms with Gasteiger partial charge in [-0.15, -0.1) is 0 Å². The molecule has 3 rings (SSSR count). The number of hydrogen-bond acceptors (Lipinski definition) is 4. The molecule has 0 N–H and O–H groups in total. The van der Waals surface area contributed by atoms with Gasteiger partial charge in [0.1, 0.15) is 23.6 Å². The van der Waals surface area contributed by atoms with Gasteiger partial charge in [-0.25, -0.2) is 9.18 Å². The van der Waals surface area contributed by atoms with E-state index in [4.69, 9.17) is 9.47 Å². The molecule has 0 radical (unpaired) electrons. The van der Waals surface area contributed by atoms with E-state index in [1.165, 1.54) is 4.90 Å². The van der Waals surface area contributed by atoms with E-state index in [0.29, 0.717) is 11.3 Å². The standard InChI is InChI=1S/C17H21BrFN3O3/c1-17(2,3)25-16(23)21-8-12(19)14(9-21)22-7-10-5-11(18)15(24-4)6-13(10)20-22/h5-7,12,14H,8-9H2,1-4H3. The van der Waals surface area contributed by atoms with Gasteiger partial charge in [-0.2, -0.15) is 5.10 Å². The largest absolute Gasteiger partial charge is 0.495 e. The minimum atomic E-state index is -1.20. The van der Waals surface area contributed by atoms with E-state index < -0.39 is 23.9 Å². The molecular weight excluding hydrogens is 393 g/mol. The Labute approximate surface area is 154 Å². The van der Waals surface area contributed by atoms with Crippen molar-refractivity contribution in [3.8, 4) is 5.75 Å². The molecule has 2 atom stereocenters. The van der Waals surface area contributed by atoms with Gasteiger partial charge in [0, 0.05) is 24.2 Å². The fourth-order valence-corrected chi connectivity index (χ4v) is 3.36. The molecule has 1 aliphatic rings. The summed E-state index contributed by atoms with van der Waals surface area (Å²) in [5.74, 6) is 0.663. The van der Waals surface area contributed by atoms with Crippen LogP contribution in [0.15, 0.2) is 22.8 Å². The average molecular weight is 414 g/mol. The SMILES string of the molecule is COc1cc2nn(C3CN(C(=O)OC(C)(C)C)CC3F)cc2cc1Br. The smallest absolute Gasteiger partial charge is 0.410 e. The number of aromatic nitrogens is 2. The van der Waals surface area contributed by atoms with Gasteiger partial charge in [0.15, 0.2) is 0 Å². The van der Waals surface area contributed by atoms with Crippen LogP contribution in [0.4, 0.5) is 9.18 Å². The number of fused-ring (bicyclic) bond motifs is 1. The van der Waals surface area contributed by atoms with Crippen molar-refractivity contribution < 1.29 is 18.7 Å². The van der Waals surface area contributed by atoms with E-state index in [1.807, 2.05) is 6.07 Å². The molecule has 6 nitrogen and oxygen atoms in total. The number of amides is 1. The second-order valence-electron chi connectivity index (χ2n) is 7.12. The summed E-state index contributed by atoms with van der Waals surface area (Å²) >= 11 is 3.43. The van der Waals surface area contributed by atoms with Gasteiger partial charge < -0.3 is 14.4 Å². The molecule has 2 aromatic rings. The monoisotopic (exact) mass is 413 g/mol. The third-order valence-electron chi connectivity index (χ3n) is 4.01. The topological polar surface area (TPSA) is 56.6 Å². The van der Waals surface area contributed by atoms with E-state index in [9.17, 15) is 9.18 Å². The summed E-state index contributed by atoms with van der Waals surface area (Å²) in [6.07, 6.45) is 0.0842. The van der Waals surface area contributed by atoms with Crippen molar-refractivity contribution in [1.82, 2.24) is 14.7 Å². The van der Waals surface area contributed by atoms with Crippen molar-refractivity contribution in [2.45, 2.75) is 38.6 Å². The minimum Gasteiger partial charge on any atom is -0.495 e. The summed E-state index contributed by atoms with van der Waals surface area (Å²) < 4.78 is 27.5. The molecule has 0 bridgehead atoms. The molecule has 0 aliphatic carbocycles. The van der Waals surface area contributed by atoms with Crippen LogP contribution >= 0.6 is 15.9 Å². The zero-order valence-corrected chi connectivity index (χ0v) is 16.2. The highest BCUT2D eigenvalue weighted by molar-refractivity contribution is 9.10. The van der Waals surface area contributed by atoms with Crippen LogP contribution < -0.4 is 4.74 Å². The first-order valence-electron chi connectivity index (χ1n) is 8.02. The van der Waals surface area contributed by atoms with Gasteiger partial charge in [-0.05, 0) is 42.8 Å². The van der Waals surface area contributed by atoms with Crippen molar-refractivity contribution in [3.63, 3.8) is 0 Å². The van der Waals surface area contributed by atoms with Crippen molar-refractivity contribution in [3.05, 3.63) is 22.8 Å². The summed E-state index contributed by atoms with van der Waals surface area (Å²) in [6, 6.07) is 3.14. The lowest BCUT2D eigenvalue weighted by Gasteiger charge is -2.24. The molecule has 0 spiro atoms. The first kappa shape index (κ1) is 18.0. The quantitative estimate of drug-likeness (QED) is 0.747. The predicted octanol–water partition coefficient (Wildman–Crippen LogP) is 3.94. The Bertz CT molecular complexity index is 802. The third kappa shape index (κ3) is 3.73. The van der Waals surface area contributed by atoms with Crippen LogP contribution in [0.1, 0.15) is 26.8 Å². The van der Waals surface area contributed by atoms with E-state index in [-0.39, 0.29) is 13.1 Å². The van der Waals surface area contributed by atoms with Gasteiger partial charge in [0.25, 0.3) is 0 Å². The summed E-state index contributed by atoms with van der Waals surface area (Å²) in [7, 11) is 1.58. The Balaban J connectivity index is 1.82. The molecule has 0 saturated carbocycles. The molecule has 2 unspecified atom stereocenters. The lowest BCUT2D eigenvalue weighted by molar-refractivity contribution is 0.0281. The molecule has 1 aromatic carbocycles. The van der Waals surface area contributed by atoms with Gasteiger partial charge in [0.2, 0.25) is 0 Å². The van der Waals surface area contributed by atoms with Crippen molar-refractivity contribution >= 4 is 32.9 Å². The molecular formula is C17H21BrFN3O3. The molecule has 136 valence electrons. The molecule has 1 aromatic heterocycles. The molecule has 1 fully saturated rings. The minimum absolute atomic E-state index is 0.00278. The average Bonchev–Trinajstić information content (AvgIpc) is 3.07. The maximum absolute atomic E-state index is 14.5. The normalized spacial score (nSPS) is 21.0. The van der Waals surface area contributed by atoms with Crippen LogP contribution in [-0.4, -0.2) is 52.7 Å². The summed E-state index contributed by atoms with van der Waals surface area (Å²) in [6.45, 7) is 5.59. The number of nitrogens with zero attached hydrogens (tertiary/aromatic N) is 3. The van der Waals surface area contributed by atoms with Crippen molar-refractivity contribution in [2.24, 2.45) is 0 Å². The molecule has 1 saturated heterocycles. The highest BCUT2D eigenvalue weighted by Crippen LogP contribution is 2.32. The van der Waals surface area contributed by atoms with Crippen LogP contribution in [0.25, 0.3) is 10.9 Å². The number of ether oxygens (including phenoxy) is 2. The third-order valence-corrected chi connectivity index (χ3v) is 4.63. The van der Waals surface area contributed by atoms with Crippen LogP contribution in [0.3, 0.4) is 0 Å². The Morgan fingerprint density at radius 1 is 1.36 bits per heavy atom. The Morgan fingerprint density at radius 3 is 2.72 bits per heavy atom. The summed E-state index contributed by atoms with van der Waals surface area (Å²) in [5, 5.41) is 5.33. The molecule has 1 amide bonds.